The van der Waals surface area contributed by atoms with E-state index in [2.05, 4.69) is 29.8 Å². The molecule has 0 bridgehead atoms. The molecule has 0 aromatic rings. The van der Waals surface area contributed by atoms with Gasteiger partial charge in [-0.1, -0.05) is 55.5 Å². The minimum Gasteiger partial charge on any atom is -0.353 e. The second kappa shape index (κ2) is 15.5. The summed E-state index contributed by atoms with van der Waals surface area (Å²) < 4.78 is 11.4. The van der Waals surface area contributed by atoms with Crippen molar-refractivity contribution in [3.8, 4) is 0 Å². The summed E-state index contributed by atoms with van der Waals surface area (Å²) in [5, 5.41) is 1.14. The Balaban J connectivity index is 3.43. The predicted octanol–water partition coefficient (Wildman–Crippen LogP) is 5.29. The quantitative estimate of drug-likeness (QED) is 0.246. The minimum atomic E-state index is 0.0347. The average Bonchev–Trinajstić information content (AvgIpc) is 2.40. The zero-order valence-electron chi connectivity index (χ0n) is 12.3. The molecule has 0 aliphatic heterocycles. The van der Waals surface area contributed by atoms with E-state index >= 15 is 0 Å². The van der Waals surface area contributed by atoms with E-state index in [9.17, 15) is 0 Å². The molecule has 2 nitrogen and oxygen atoms in total. The highest BCUT2D eigenvalue weighted by atomic mass is 79.9. The fraction of sp³-hybridized carbons (Fsp3) is 1.00. The molecule has 0 spiro atoms. The first kappa shape index (κ1) is 18.4. The van der Waals surface area contributed by atoms with Crippen LogP contribution in [-0.2, 0) is 9.47 Å². The van der Waals surface area contributed by atoms with E-state index in [1.165, 1.54) is 38.5 Å². The van der Waals surface area contributed by atoms with Crippen molar-refractivity contribution in [2.75, 3.05) is 18.5 Å². The Hall–Kier alpha value is 0.400. The maximum atomic E-state index is 5.71. The van der Waals surface area contributed by atoms with Gasteiger partial charge in [-0.25, -0.2) is 0 Å². The molecule has 0 unspecified atom stereocenters. The summed E-state index contributed by atoms with van der Waals surface area (Å²) >= 11 is 3.47. The third kappa shape index (κ3) is 12.8. The van der Waals surface area contributed by atoms with E-state index < -0.39 is 0 Å². The molecular formula is C15H31BrO2. The summed E-state index contributed by atoms with van der Waals surface area (Å²) in [4.78, 5) is 0. The van der Waals surface area contributed by atoms with Gasteiger partial charge in [0, 0.05) is 18.5 Å². The van der Waals surface area contributed by atoms with Crippen LogP contribution in [0.5, 0.6) is 0 Å². The number of halogens is 1. The molecule has 0 saturated carbocycles. The van der Waals surface area contributed by atoms with Crippen molar-refractivity contribution in [3.05, 3.63) is 0 Å². The molecule has 0 rings (SSSR count). The van der Waals surface area contributed by atoms with Gasteiger partial charge in [-0.2, -0.15) is 0 Å². The molecule has 110 valence electrons. The number of hydrogen-bond acceptors (Lipinski definition) is 2. The fourth-order valence-electron chi connectivity index (χ4n) is 1.83. The molecule has 0 saturated heterocycles. The maximum Gasteiger partial charge on any atom is 0.157 e. The van der Waals surface area contributed by atoms with Gasteiger partial charge in [0.2, 0.25) is 0 Å². The summed E-state index contributed by atoms with van der Waals surface area (Å²) in [6.07, 6.45) is 11.1. The summed E-state index contributed by atoms with van der Waals surface area (Å²) in [7, 11) is 0. The molecule has 0 aromatic carbocycles. The van der Waals surface area contributed by atoms with Gasteiger partial charge >= 0.3 is 0 Å². The summed E-state index contributed by atoms with van der Waals surface area (Å²) in [6.45, 7) is 5.92. The highest BCUT2D eigenvalue weighted by Crippen LogP contribution is 2.12. The Morgan fingerprint density at radius 1 is 0.778 bits per heavy atom. The van der Waals surface area contributed by atoms with Crippen LogP contribution in [0.2, 0.25) is 0 Å². The third-order valence-corrected chi connectivity index (χ3v) is 3.40. The lowest BCUT2D eigenvalue weighted by molar-refractivity contribution is -0.146. The van der Waals surface area contributed by atoms with E-state index in [-0.39, 0.29) is 6.29 Å². The molecule has 0 N–H and O–H groups in total. The molecule has 18 heavy (non-hydrogen) atoms. The first-order valence-corrected chi connectivity index (χ1v) is 8.76. The SMILES string of the molecule is CCCOC(CCCCCCCCBr)OCCC. The van der Waals surface area contributed by atoms with Crippen molar-refractivity contribution in [3.63, 3.8) is 0 Å². The highest BCUT2D eigenvalue weighted by molar-refractivity contribution is 9.09. The van der Waals surface area contributed by atoms with Gasteiger partial charge in [-0.3, -0.25) is 0 Å². The van der Waals surface area contributed by atoms with Crippen molar-refractivity contribution in [2.45, 2.75) is 77.9 Å². The molecule has 0 aliphatic carbocycles. The summed E-state index contributed by atoms with van der Waals surface area (Å²) in [6, 6.07) is 0. The van der Waals surface area contributed by atoms with Crippen LogP contribution < -0.4 is 0 Å². The van der Waals surface area contributed by atoms with Gasteiger partial charge in [0.25, 0.3) is 0 Å². The molecule has 0 atom stereocenters. The number of unbranched alkanes of at least 4 members (excludes halogenated alkanes) is 5. The molecular weight excluding hydrogens is 292 g/mol. The molecule has 0 heterocycles. The van der Waals surface area contributed by atoms with Crippen molar-refractivity contribution >= 4 is 15.9 Å². The van der Waals surface area contributed by atoms with Gasteiger partial charge < -0.3 is 9.47 Å². The highest BCUT2D eigenvalue weighted by Gasteiger charge is 2.07. The summed E-state index contributed by atoms with van der Waals surface area (Å²) in [5.74, 6) is 0. The van der Waals surface area contributed by atoms with Gasteiger partial charge in [-0.05, 0) is 32.1 Å². The zero-order valence-corrected chi connectivity index (χ0v) is 13.8. The number of rotatable bonds is 14. The lowest BCUT2D eigenvalue weighted by Gasteiger charge is -2.18. The second-order valence-corrected chi connectivity index (χ2v) is 5.56. The molecule has 0 radical (unpaired) electrons. The number of alkyl halides is 1. The standard InChI is InChI=1S/C15H31BrO2/c1-3-13-17-15(18-14-4-2)11-9-7-5-6-8-10-12-16/h15H,3-14H2,1-2H3. The Morgan fingerprint density at radius 2 is 1.28 bits per heavy atom. The van der Waals surface area contributed by atoms with Crippen LogP contribution in [0.15, 0.2) is 0 Å². The van der Waals surface area contributed by atoms with E-state index in [0.717, 1.165) is 37.8 Å². The normalized spacial score (nSPS) is 11.3. The van der Waals surface area contributed by atoms with Gasteiger partial charge in [0.1, 0.15) is 0 Å². The molecule has 3 heteroatoms. The van der Waals surface area contributed by atoms with Crippen LogP contribution in [0.4, 0.5) is 0 Å². The van der Waals surface area contributed by atoms with Crippen LogP contribution in [0.3, 0.4) is 0 Å². The lowest BCUT2D eigenvalue weighted by Crippen LogP contribution is -2.18. The van der Waals surface area contributed by atoms with Gasteiger partial charge in [0.15, 0.2) is 6.29 Å². The second-order valence-electron chi connectivity index (χ2n) is 4.77. The predicted molar refractivity (Wildman–Crippen MR) is 82.4 cm³/mol. The van der Waals surface area contributed by atoms with Crippen molar-refractivity contribution in [1.29, 1.82) is 0 Å². The fourth-order valence-corrected chi connectivity index (χ4v) is 2.22. The Morgan fingerprint density at radius 3 is 1.78 bits per heavy atom. The average molecular weight is 323 g/mol. The van der Waals surface area contributed by atoms with E-state index in [1.807, 2.05) is 0 Å². The van der Waals surface area contributed by atoms with E-state index in [0.29, 0.717) is 0 Å². The first-order valence-electron chi connectivity index (χ1n) is 7.64. The minimum absolute atomic E-state index is 0.0347. The van der Waals surface area contributed by atoms with E-state index in [1.54, 1.807) is 0 Å². The largest absolute Gasteiger partial charge is 0.353 e. The zero-order chi connectivity index (χ0) is 13.5. The Bertz CT molecular complexity index is 145. The van der Waals surface area contributed by atoms with Crippen molar-refractivity contribution < 1.29 is 9.47 Å². The topological polar surface area (TPSA) is 18.5 Å². The number of hydrogen-bond donors (Lipinski definition) is 0. The lowest BCUT2D eigenvalue weighted by atomic mass is 10.1. The monoisotopic (exact) mass is 322 g/mol. The van der Waals surface area contributed by atoms with Crippen molar-refractivity contribution in [1.82, 2.24) is 0 Å². The van der Waals surface area contributed by atoms with Crippen LogP contribution in [0, 0.1) is 0 Å². The van der Waals surface area contributed by atoms with Crippen LogP contribution >= 0.6 is 15.9 Å². The van der Waals surface area contributed by atoms with Crippen LogP contribution in [0.1, 0.15) is 71.6 Å². The smallest absolute Gasteiger partial charge is 0.157 e. The van der Waals surface area contributed by atoms with Gasteiger partial charge in [-0.15, -0.1) is 0 Å². The first-order chi connectivity index (χ1) is 8.85. The molecule has 0 aliphatic rings. The number of ether oxygens (including phenoxy) is 2. The molecule has 0 aromatic heterocycles. The van der Waals surface area contributed by atoms with Crippen LogP contribution in [-0.4, -0.2) is 24.8 Å². The van der Waals surface area contributed by atoms with Crippen LogP contribution in [0.25, 0.3) is 0 Å². The summed E-state index contributed by atoms with van der Waals surface area (Å²) in [5.41, 5.74) is 0. The Kier molecular flexibility index (Phi) is 15.8. The Labute approximate surface area is 122 Å². The third-order valence-electron chi connectivity index (χ3n) is 2.84. The molecule has 0 amide bonds. The van der Waals surface area contributed by atoms with Crippen molar-refractivity contribution in [2.24, 2.45) is 0 Å². The van der Waals surface area contributed by atoms with Gasteiger partial charge in [0.05, 0.1) is 0 Å². The maximum absolute atomic E-state index is 5.71. The molecule has 0 fully saturated rings. The van der Waals surface area contributed by atoms with E-state index in [4.69, 9.17) is 9.47 Å².